The van der Waals surface area contributed by atoms with Gasteiger partial charge in [0.15, 0.2) is 0 Å². The minimum absolute atomic E-state index is 1.13. The number of nitrogens with zero attached hydrogens (tertiary/aromatic N) is 1. The fourth-order valence-corrected chi connectivity index (χ4v) is 3.33. The molecule has 5 aromatic rings. The highest BCUT2D eigenvalue weighted by Crippen LogP contribution is 2.27. The molecule has 0 aliphatic carbocycles. The summed E-state index contributed by atoms with van der Waals surface area (Å²) >= 11 is 0. The van der Waals surface area contributed by atoms with Crippen LogP contribution in [-0.4, -0.2) is 9.38 Å². The third kappa shape index (κ3) is 2.04. The molecule has 0 bridgehead atoms. The van der Waals surface area contributed by atoms with Crippen molar-refractivity contribution in [2.45, 2.75) is 0 Å². The van der Waals surface area contributed by atoms with Crippen molar-refractivity contribution in [1.29, 1.82) is 0 Å². The van der Waals surface area contributed by atoms with Gasteiger partial charge in [-0.1, -0.05) is 78.9 Å². The van der Waals surface area contributed by atoms with Crippen LogP contribution in [0.1, 0.15) is 0 Å². The Labute approximate surface area is 140 Å². The van der Waals surface area contributed by atoms with E-state index >= 15 is 0 Å². The Morgan fingerprint density at radius 2 is 1.25 bits per heavy atom. The van der Waals surface area contributed by atoms with E-state index < -0.39 is 0 Å². The van der Waals surface area contributed by atoms with Gasteiger partial charge in [-0.25, -0.2) is 0 Å². The molecular formula is C22H16N2. The van der Waals surface area contributed by atoms with Crippen molar-refractivity contribution in [1.82, 2.24) is 9.38 Å². The molecule has 0 amide bonds. The normalized spacial score (nSPS) is 11.3. The topological polar surface area (TPSA) is 20.2 Å². The van der Waals surface area contributed by atoms with E-state index in [1.54, 1.807) is 0 Å². The minimum Gasteiger partial charge on any atom is -0.339 e. The zero-order valence-corrected chi connectivity index (χ0v) is 13.1. The van der Waals surface area contributed by atoms with E-state index in [2.05, 4.69) is 94.6 Å². The fourth-order valence-electron chi connectivity index (χ4n) is 3.33. The van der Waals surface area contributed by atoms with Crippen molar-refractivity contribution >= 4 is 16.4 Å². The molecule has 3 aromatic carbocycles. The summed E-state index contributed by atoms with van der Waals surface area (Å²) in [6.45, 7) is 0. The first-order chi connectivity index (χ1) is 11.9. The largest absolute Gasteiger partial charge is 0.339 e. The SMILES string of the molecule is c1ccc(-c2ccc(-c3cn4cc5ccccc5c4[nH]3)cc2)cc1. The van der Waals surface area contributed by atoms with Crippen LogP contribution in [0.3, 0.4) is 0 Å². The molecule has 24 heavy (non-hydrogen) atoms. The van der Waals surface area contributed by atoms with Crippen LogP contribution in [0.4, 0.5) is 0 Å². The van der Waals surface area contributed by atoms with Crippen molar-refractivity contribution in [2.24, 2.45) is 0 Å². The third-order valence-electron chi connectivity index (χ3n) is 4.58. The Morgan fingerprint density at radius 3 is 2.08 bits per heavy atom. The molecule has 0 saturated heterocycles. The van der Waals surface area contributed by atoms with Crippen molar-refractivity contribution < 1.29 is 0 Å². The van der Waals surface area contributed by atoms with E-state index in [0.29, 0.717) is 0 Å². The summed E-state index contributed by atoms with van der Waals surface area (Å²) in [5.74, 6) is 0. The summed E-state index contributed by atoms with van der Waals surface area (Å²) in [4.78, 5) is 3.56. The van der Waals surface area contributed by atoms with E-state index in [-0.39, 0.29) is 0 Å². The van der Waals surface area contributed by atoms with Crippen LogP contribution in [0.15, 0.2) is 91.3 Å². The first-order valence-corrected chi connectivity index (χ1v) is 8.13. The molecule has 0 aliphatic rings. The summed E-state index contributed by atoms with van der Waals surface area (Å²) in [5, 5.41) is 2.51. The second-order valence-electron chi connectivity index (χ2n) is 6.08. The number of rotatable bonds is 2. The fraction of sp³-hybridized carbons (Fsp3) is 0. The predicted octanol–water partition coefficient (Wildman–Crippen LogP) is 5.75. The van der Waals surface area contributed by atoms with Gasteiger partial charge >= 0.3 is 0 Å². The number of fused-ring (bicyclic) bond motifs is 3. The lowest BCUT2D eigenvalue weighted by Crippen LogP contribution is -1.80. The zero-order valence-electron chi connectivity index (χ0n) is 13.1. The van der Waals surface area contributed by atoms with Crippen LogP contribution >= 0.6 is 0 Å². The van der Waals surface area contributed by atoms with Gasteiger partial charge in [-0.15, -0.1) is 0 Å². The second kappa shape index (κ2) is 5.14. The van der Waals surface area contributed by atoms with Gasteiger partial charge in [0, 0.05) is 23.2 Å². The van der Waals surface area contributed by atoms with E-state index in [0.717, 1.165) is 11.3 Å². The number of hydrogen-bond acceptors (Lipinski definition) is 0. The molecule has 0 atom stereocenters. The van der Waals surface area contributed by atoms with Gasteiger partial charge in [0.25, 0.3) is 0 Å². The van der Waals surface area contributed by atoms with Crippen LogP contribution in [0.5, 0.6) is 0 Å². The number of benzene rings is 3. The molecular weight excluding hydrogens is 292 g/mol. The smallest absolute Gasteiger partial charge is 0.122 e. The number of imidazole rings is 1. The maximum atomic E-state index is 3.56. The molecule has 0 unspecified atom stereocenters. The van der Waals surface area contributed by atoms with Crippen LogP contribution in [0.25, 0.3) is 38.8 Å². The molecule has 114 valence electrons. The molecule has 2 heterocycles. The van der Waals surface area contributed by atoms with Crippen LogP contribution in [0, 0.1) is 0 Å². The van der Waals surface area contributed by atoms with Gasteiger partial charge in [0.05, 0.1) is 5.69 Å². The van der Waals surface area contributed by atoms with Gasteiger partial charge in [-0.05, 0) is 16.7 Å². The quantitative estimate of drug-likeness (QED) is 0.428. The van der Waals surface area contributed by atoms with E-state index in [1.165, 1.54) is 27.5 Å². The highest BCUT2D eigenvalue weighted by molar-refractivity contribution is 5.96. The Bertz CT molecular complexity index is 1130. The molecule has 0 aliphatic heterocycles. The highest BCUT2D eigenvalue weighted by atomic mass is 15.0. The highest BCUT2D eigenvalue weighted by Gasteiger charge is 2.08. The Morgan fingerprint density at radius 1 is 0.583 bits per heavy atom. The lowest BCUT2D eigenvalue weighted by Gasteiger charge is -2.03. The first-order valence-electron chi connectivity index (χ1n) is 8.13. The summed E-state index contributed by atoms with van der Waals surface area (Å²) in [6.07, 6.45) is 4.33. The molecule has 2 aromatic heterocycles. The van der Waals surface area contributed by atoms with Gasteiger partial charge < -0.3 is 9.38 Å². The van der Waals surface area contributed by atoms with Gasteiger partial charge in [-0.3, -0.25) is 0 Å². The number of hydrogen-bond donors (Lipinski definition) is 1. The molecule has 0 saturated carbocycles. The molecule has 2 nitrogen and oxygen atoms in total. The molecule has 5 rings (SSSR count). The van der Waals surface area contributed by atoms with Gasteiger partial charge in [0.1, 0.15) is 5.65 Å². The average molecular weight is 308 g/mol. The maximum absolute atomic E-state index is 3.56. The number of aromatic nitrogens is 2. The minimum atomic E-state index is 1.13. The lowest BCUT2D eigenvalue weighted by atomic mass is 10.0. The standard InChI is InChI=1S/C22H16N2/c1-2-6-16(7-3-1)17-10-12-18(13-11-17)21-15-24-14-19-8-4-5-9-20(19)22(24)23-21/h1-15,23H. The molecule has 0 spiro atoms. The number of aromatic amines is 1. The third-order valence-corrected chi connectivity index (χ3v) is 4.58. The molecule has 1 N–H and O–H groups in total. The maximum Gasteiger partial charge on any atom is 0.122 e. The summed E-state index contributed by atoms with van der Waals surface area (Å²) < 4.78 is 2.17. The van der Waals surface area contributed by atoms with E-state index in [9.17, 15) is 0 Å². The van der Waals surface area contributed by atoms with Crippen molar-refractivity contribution in [3.8, 4) is 22.4 Å². The van der Waals surface area contributed by atoms with Crippen LogP contribution in [0.2, 0.25) is 0 Å². The van der Waals surface area contributed by atoms with Crippen LogP contribution in [-0.2, 0) is 0 Å². The molecule has 2 heteroatoms. The van der Waals surface area contributed by atoms with Crippen molar-refractivity contribution in [3.63, 3.8) is 0 Å². The van der Waals surface area contributed by atoms with Gasteiger partial charge in [0.2, 0.25) is 0 Å². The van der Waals surface area contributed by atoms with E-state index in [1.807, 2.05) is 6.07 Å². The van der Waals surface area contributed by atoms with Crippen LogP contribution < -0.4 is 0 Å². The predicted molar refractivity (Wildman–Crippen MR) is 100 cm³/mol. The number of nitrogens with one attached hydrogen (secondary N) is 1. The Hall–Kier alpha value is -3.26. The van der Waals surface area contributed by atoms with Gasteiger partial charge in [-0.2, -0.15) is 0 Å². The molecule has 0 fully saturated rings. The Kier molecular flexibility index (Phi) is 2.83. The van der Waals surface area contributed by atoms with Crippen molar-refractivity contribution in [2.75, 3.05) is 0 Å². The summed E-state index contributed by atoms with van der Waals surface area (Å²) in [7, 11) is 0. The summed E-state index contributed by atoms with van der Waals surface area (Å²) in [6, 6.07) is 27.6. The first kappa shape index (κ1) is 13.2. The average Bonchev–Trinajstić information content (AvgIpc) is 3.21. The summed E-state index contributed by atoms with van der Waals surface area (Å²) in [5.41, 5.74) is 5.96. The van der Waals surface area contributed by atoms with Crippen molar-refractivity contribution in [3.05, 3.63) is 91.3 Å². The Balaban J connectivity index is 1.57. The van der Waals surface area contributed by atoms with E-state index in [4.69, 9.17) is 0 Å². The lowest BCUT2D eigenvalue weighted by molar-refractivity contribution is 1.24. The zero-order chi connectivity index (χ0) is 15.9. The number of H-pyrrole nitrogens is 1. The molecule has 0 radical (unpaired) electrons. The monoisotopic (exact) mass is 308 g/mol. The second-order valence-corrected chi connectivity index (χ2v) is 6.08.